The van der Waals surface area contributed by atoms with Gasteiger partial charge in [-0.15, -0.1) is 0 Å². The molecule has 2 N–H and O–H groups in total. The number of fused-ring (bicyclic) bond motifs is 1. The Balaban J connectivity index is 2.14. The van der Waals surface area contributed by atoms with Gasteiger partial charge in [0, 0.05) is 18.1 Å². The van der Waals surface area contributed by atoms with Crippen LogP contribution in [0.15, 0.2) is 36.5 Å². The summed E-state index contributed by atoms with van der Waals surface area (Å²) >= 11 is 5.27. The Morgan fingerprint density at radius 1 is 1.28 bits per heavy atom. The zero-order valence-electron chi connectivity index (χ0n) is 10.6. The Kier molecular flexibility index (Phi) is 4.10. The van der Waals surface area contributed by atoms with Crippen LogP contribution in [0.25, 0.3) is 10.9 Å². The Labute approximate surface area is 113 Å². The number of pyridine rings is 1. The molecule has 0 unspecified atom stereocenters. The second-order valence-electron chi connectivity index (χ2n) is 4.61. The van der Waals surface area contributed by atoms with Crippen molar-refractivity contribution in [1.82, 2.24) is 10.3 Å². The molecule has 1 aromatic heterocycles. The van der Waals surface area contributed by atoms with Crippen LogP contribution >= 0.6 is 12.2 Å². The number of anilines is 1. The van der Waals surface area contributed by atoms with Gasteiger partial charge in [-0.2, -0.15) is 0 Å². The summed E-state index contributed by atoms with van der Waals surface area (Å²) in [7, 11) is 0. The highest BCUT2D eigenvalue weighted by Gasteiger charge is 2.03. The highest BCUT2D eigenvalue weighted by atomic mass is 32.1. The van der Waals surface area contributed by atoms with Crippen molar-refractivity contribution >= 4 is 33.9 Å². The summed E-state index contributed by atoms with van der Waals surface area (Å²) in [6.07, 6.45) is 1.79. The van der Waals surface area contributed by atoms with E-state index in [4.69, 9.17) is 12.2 Å². The summed E-state index contributed by atoms with van der Waals surface area (Å²) in [6.45, 7) is 5.16. The maximum absolute atomic E-state index is 5.27. The van der Waals surface area contributed by atoms with Gasteiger partial charge in [0.2, 0.25) is 0 Å². The number of benzene rings is 1. The Morgan fingerprint density at radius 3 is 2.83 bits per heavy atom. The minimum atomic E-state index is 0.565. The summed E-state index contributed by atoms with van der Waals surface area (Å²) in [5.41, 5.74) is 1.88. The number of aromatic nitrogens is 1. The highest BCUT2D eigenvalue weighted by Crippen LogP contribution is 2.20. The number of hydrogen-bond acceptors (Lipinski definition) is 2. The van der Waals surface area contributed by atoms with Crippen molar-refractivity contribution in [2.45, 2.75) is 13.8 Å². The van der Waals surface area contributed by atoms with Gasteiger partial charge in [0.25, 0.3) is 0 Å². The Hall–Kier alpha value is -1.68. The third kappa shape index (κ3) is 3.17. The van der Waals surface area contributed by atoms with E-state index in [9.17, 15) is 0 Å². The van der Waals surface area contributed by atoms with Crippen molar-refractivity contribution in [3.05, 3.63) is 36.5 Å². The molecular formula is C14H17N3S. The van der Waals surface area contributed by atoms with Gasteiger partial charge in [-0.1, -0.05) is 32.0 Å². The summed E-state index contributed by atoms with van der Waals surface area (Å²) in [4.78, 5) is 4.38. The quantitative estimate of drug-likeness (QED) is 0.830. The fraction of sp³-hybridized carbons (Fsp3) is 0.286. The van der Waals surface area contributed by atoms with Gasteiger partial charge < -0.3 is 10.6 Å². The third-order valence-electron chi connectivity index (χ3n) is 2.55. The lowest BCUT2D eigenvalue weighted by atomic mass is 10.2. The predicted molar refractivity (Wildman–Crippen MR) is 80.8 cm³/mol. The molecule has 0 saturated carbocycles. The standard InChI is InChI=1S/C14H17N3S/c1-10(2)9-16-14(18)17-12-7-3-5-11-6-4-8-15-13(11)12/h3-8,10H,9H2,1-2H3,(H2,16,17,18). The van der Waals surface area contributed by atoms with Crippen LogP contribution in [0.4, 0.5) is 5.69 Å². The monoisotopic (exact) mass is 259 g/mol. The van der Waals surface area contributed by atoms with Crippen LogP contribution in [0.3, 0.4) is 0 Å². The molecule has 0 amide bonds. The van der Waals surface area contributed by atoms with E-state index >= 15 is 0 Å². The average Bonchev–Trinajstić information content (AvgIpc) is 2.37. The molecular weight excluding hydrogens is 242 g/mol. The largest absolute Gasteiger partial charge is 0.362 e. The first-order chi connectivity index (χ1) is 8.66. The molecule has 1 heterocycles. The van der Waals surface area contributed by atoms with Gasteiger partial charge >= 0.3 is 0 Å². The van der Waals surface area contributed by atoms with Gasteiger partial charge in [-0.05, 0) is 30.3 Å². The molecule has 0 aliphatic carbocycles. The first-order valence-corrected chi connectivity index (χ1v) is 6.46. The van der Waals surface area contributed by atoms with Crippen LogP contribution in [0.1, 0.15) is 13.8 Å². The number of hydrogen-bond donors (Lipinski definition) is 2. The molecule has 0 radical (unpaired) electrons. The summed E-state index contributed by atoms with van der Waals surface area (Å²) in [5, 5.41) is 8.13. The minimum Gasteiger partial charge on any atom is -0.362 e. The fourth-order valence-electron chi connectivity index (χ4n) is 1.67. The second-order valence-corrected chi connectivity index (χ2v) is 5.02. The van der Waals surface area contributed by atoms with Crippen LogP contribution in [0, 0.1) is 5.92 Å². The molecule has 4 heteroatoms. The highest BCUT2D eigenvalue weighted by molar-refractivity contribution is 7.80. The maximum Gasteiger partial charge on any atom is 0.170 e. The molecule has 1 aromatic carbocycles. The first-order valence-electron chi connectivity index (χ1n) is 6.05. The molecule has 0 fully saturated rings. The van der Waals surface area contributed by atoms with E-state index in [0.717, 1.165) is 23.1 Å². The van der Waals surface area contributed by atoms with Crippen molar-refractivity contribution in [3.8, 4) is 0 Å². The Morgan fingerprint density at radius 2 is 2.06 bits per heavy atom. The first kappa shape index (κ1) is 12.8. The van der Waals surface area contributed by atoms with E-state index in [1.807, 2.05) is 30.3 Å². The van der Waals surface area contributed by atoms with Crippen molar-refractivity contribution in [3.63, 3.8) is 0 Å². The van der Waals surface area contributed by atoms with Crippen LogP contribution in [-0.2, 0) is 0 Å². The van der Waals surface area contributed by atoms with E-state index < -0.39 is 0 Å². The number of nitrogens with zero attached hydrogens (tertiary/aromatic N) is 1. The van der Waals surface area contributed by atoms with Gasteiger partial charge in [0.15, 0.2) is 5.11 Å². The van der Waals surface area contributed by atoms with Gasteiger partial charge in [0.1, 0.15) is 0 Å². The van der Waals surface area contributed by atoms with Gasteiger partial charge in [0.05, 0.1) is 11.2 Å². The molecule has 0 aliphatic heterocycles. The topological polar surface area (TPSA) is 37.0 Å². The molecule has 2 aromatic rings. The number of para-hydroxylation sites is 1. The summed E-state index contributed by atoms with van der Waals surface area (Å²) < 4.78 is 0. The molecule has 0 aliphatic rings. The summed E-state index contributed by atoms with van der Waals surface area (Å²) in [5.74, 6) is 0.565. The molecule has 0 bridgehead atoms. The lowest BCUT2D eigenvalue weighted by Crippen LogP contribution is -2.31. The van der Waals surface area contributed by atoms with Gasteiger partial charge in [-0.3, -0.25) is 4.98 Å². The van der Waals surface area contributed by atoms with Crippen molar-refractivity contribution in [2.24, 2.45) is 5.92 Å². The molecule has 3 nitrogen and oxygen atoms in total. The van der Waals surface area contributed by atoms with E-state index in [1.165, 1.54) is 0 Å². The molecule has 0 spiro atoms. The number of rotatable bonds is 3. The summed E-state index contributed by atoms with van der Waals surface area (Å²) in [6, 6.07) is 9.99. The Bertz CT molecular complexity index is 546. The molecule has 2 rings (SSSR count). The smallest absolute Gasteiger partial charge is 0.170 e. The maximum atomic E-state index is 5.27. The average molecular weight is 259 g/mol. The van der Waals surface area contributed by atoms with Crippen molar-refractivity contribution < 1.29 is 0 Å². The third-order valence-corrected chi connectivity index (χ3v) is 2.80. The van der Waals surface area contributed by atoms with Crippen LogP contribution in [-0.4, -0.2) is 16.6 Å². The predicted octanol–water partition coefficient (Wildman–Crippen LogP) is 3.18. The molecule has 94 valence electrons. The lowest BCUT2D eigenvalue weighted by Gasteiger charge is -2.13. The zero-order chi connectivity index (χ0) is 13.0. The van der Waals surface area contributed by atoms with Crippen molar-refractivity contribution in [1.29, 1.82) is 0 Å². The normalized spacial score (nSPS) is 10.6. The van der Waals surface area contributed by atoms with E-state index in [-0.39, 0.29) is 0 Å². The lowest BCUT2D eigenvalue weighted by molar-refractivity contribution is 0.627. The van der Waals surface area contributed by atoms with Crippen LogP contribution < -0.4 is 10.6 Å². The van der Waals surface area contributed by atoms with Gasteiger partial charge in [-0.25, -0.2) is 0 Å². The minimum absolute atomic E-state index is 0.565. The van der Waals surface area contributed by atoms with Crippen LogP contribution in [0.2, 0.25) is 0 Å². The molecule has 18 heavy (non-hydrogen) atoms. The SMILES string of the molecule is CC(C)CNC(=S)Nc1cccc2cccnc12. The van der Waals surface area contributed by atoms with E-state index in [2.05, 4.69) is 29.5 Å². The van der Waals surface area contributed by atoms with E-state index in [0.29, 0.717) is 11.0 Å². The fourth-order valence-corrected chi connectivity index (χ4v) is 1.86. The second kappa shape index (κ2) is 5.78. The van der Waals surface area contributed by atoms with E-state index in [1.54, 1.807) is 6.20 Å². The zero-order valence-corrected chi connectivity index (χ0v) is 11.4. The van der Waals surface area contributed by atoms with Crippen molar-refractivity contribution in [2.75, 3.05) is 11.9 Å². The van der Waals surface area contributed by atoms with Crippen LogP contribution in [0.5, 0.6) is 0 Å². The number of thiocarbonyl (C=S) groups is 1. The number of nitrogens with one attached hydrogen (secondary N) is 2. The molecule has 0 saturated heterocycles. The molecule has 0 atom stereocenters.